The van der Waals surface area contributed by atoms with Gasteiger partial charge >= 0.3 is 0 Å². The third kappa shape index (κ3) is 3.97. The first kappa shape index (κ1) is 22.1. The number of fused-ring (bicyclic) bond motifs is 4. The van der Waals surface area contributed by atoms with Crippen LogP contribution in [0.25, 0.3) is 0 Å². The van der Waals surface area contributed by atoms with Crippen LogP contribution in [0.3, 0.4) is 0 Å². The molecule has 33 heavy (non-hydrogen) atoms. The van der Waals surface area contributed by atoms with Gasteiger partial charge in [0.15, 0.2) is 5.17 Å². The molecule has 172 valence electrons. The van der Waals surface area contributed by atoms with Crippen molar-refractivity contribution in [2.24, 2.45) is 21.8 Å². The average Bonchev–Trinajstić information content (AvgIpc) is 3.38. The fourth-order valence-corrected chi connectivity index (χ4v) is 6.13. The van der Waals surface area contributed by atoms with E-state index in [1.165, 1.54) is 11.8 Å². The minimum Gasteiger partial charge on any atom is -0.335 e. The summed E-state index contributed by atoms with van der Waals surface area (Å²) in [6.45, 7) is 7.00. The predicted molar refractivity (Wildman–Crippen MR) is 134 cm³/mol. The van der Waals surface area contributed by atoms with Crippen molar-refractivity contribution in [2.45, 2.75) is 57.4 Å². The van der Waals surface area contributed by atoms with Crippen LogP contribution in [-0.2, 0) is 9.59 Å². The first-order chi connectivity index (χ1) is 16.0. The summed E-state index contributed by atoms with van der Waals surface area (Å²) in [5, 5.41) is 0.268. The van der Waals surface area contributed by atoms with Gasteiger partial charge in [0.05, 0.1) is 17.0 Å². The van der Waals surface area contributed by atoms with E-state index in [4.69, 9.17) is 9.98 Å². The number of amides is 2. The molecule has 0 aromatic heterocycles. The number of rotatable bonds is 5. The predicted octanol–water partition coefficient (Wildman–Crippen LogP) is 4.55. The molecule has 1 fully saturated rings. The van der Waals surface area contributed by atoms with Gasteiger partial charge in [-0.15, -0.1) is 0 Å². The molecule has 4 atom stereocenters. The molecule has 1 aliphatic carbocycles. The molecule has 3 heterocycles. The van der Waals surface area contributed by atoms with Gasteiger partial charge in [0.25, 0.3) is 5.91 Å². The van der Waals surface area contributed by atoms with Crippen LogP contribution < -0.4 is 0 Å². The lowest BCUT2D eigenvalue weighted by molar-refractivity contribution is -0.131. The number of hydrogen-bond donors (Lipinski definition) is 0. The van der Waals surface area contributed by atoms with Gasteiger partial charge in [0.2, 0.25) is 5.91 Å². The summed E-state index contributed by atoms with van der Waals surface area (Å²) >= 11 is 1.41. The normalized spacial score (nSPS) is 26.2. The fraction of sp³-hybridized carbons (Fsp3) is 0.462. The molecule has 2 amide bonds. The van der Waals surface area contributed by atoms with Crippen LogP contribution >= 0.6 is 11.8 Å². The van der Waals surface area contributed by atoms with E-state index < -0.39 is 6.04 Å². The monoisotopic (exact) mass is 462 g/mol. The van der Waals surface area contributed by atoms with Gasteiger partial charge in [-0.25, -0.2) is 9.89 Å². The summed E-state index contributed by atoms with van der Waals surface area (Å²) in [6.07, 6.45) is 10.8. The zero-order chi connectivity index (χ0) is 23.1. The molecule has 0 bridgehead atoms. The summed E-state index contributed by atoms with van der Waals surface area (Å²) < 4.78 is 0. The van der Waals surface area contributed by atoms with Gasteiger partial charge < -0.3 is 4.90 Å². The van der Waals surface area contributed by atoms with E-state index in [9.17, 15) is 9.59 Å². The van der Waals surface area contributed by atoms with Crippen molar-refractivity contribution in [3.05, 3.63) is 54.1 Å². The lowest BCUT2D eigenvalue weighted by Gasteiger charge is -2.31. The Labute approximate surface area is 199 Å². The van der Waals surface area contributed by atoms with Gasteiger partial charge in [-0.3, -0.25) is 14.6 Å². The van der Waals surface area contributed by atoms with E-state index >= 15 is 0 Å². The van der Waals surface area contributed by atoms with Gasteiger partial charge in [0.1, 0.15) is 11.9 Å². The molecule has 0 N–H and O–H groups in total. The van der Waals surface area contributed by atoms with Crippen LogP contribution in [0.1, 0.15) is 45.6 Å². The van der Waals surface area contributed by atoms with Crippen LogP contribution in [0.4, 0.5) is 5.69 Å². The number of likely N-dealkylation sites (tertiary alicyclic amines) is 1. The van der Waals surface area contributed by atoms with Crippen LogP contribution in [0.5, 0.6) is 0 Å². The zero-order valence-corrected chi connectivity index (χ0v) is 20.2. The van der Waals surface area contributed by atoms with Crippen molar-refractivity contribution < 1.29 is 9.59 Å². The fourth-order valence-electron chi connectivity index (χ4n) is 5.04. The second-order valence-electron chi connectivity index (χ2n) is 9.44. The number of nitrogens with zero attached hydrogens (tertiary/aromatic N) is 4. The van der Waals surface area contributed by atoms with Crippen molar-refractivity contribution in [3.8, 4) is 0 Å². The van der Waals surface area contributed by atoms with Gasteiger partial charge in [0, 0.05) is 18.0 Å². The van der Waals surface area contributed by atoms with Crippen LogP contribution in [0.15, 0.2) is 58.6 Å². The van der Waals surface area contributed by atoms with Crippen molar-refractivity contribution in [2.75, 3.05) is 6.54 Å². The maximum absolute atomic E-state index is 13.6. The molecule has 1 aromatic carbocycles. The van der Waals surface area contributed by atoms with Crippen LogP contribution in [0, 0.1) is 11.8 Å². The Morgan fingerprint density at radius 3 is 2.79 bits per heavy atom. The lowest BCUT2D eigenvalue weighted by atomic mass is 9.96. The largest absolute Gasteiger partial charge is 0.335 e. The van der Waals surface area contributed by atoms with Crippen molar-refractivity contribution in [1.82, 2.24) is 9.80 Å². The Morgan fingerprint density at radius 2 is 2.00 bits per heavy atom. The number of hydrogen-bond acceptors (Lipinski definition) is 5. The Balaban J connectivity index is 1.43. The third-order valence-electron chi connectivity index (χ3n) is 6.70. The number of thioether (sulfide) groups is 1. The third-order valence-corrected chi connectivity index (χ3v) is 8.00. The highest BCUT2D eigenvalue weighted by Crippen LogP contribution is 2.37. The van der Waals surface area contributed by atoms with Gasteiger partial charge in [-0.05, 0) is 37.3 Å². The number of para-hydroxylation sites is 1. The maximum Gasteiger partial charge on any atom is 0.259 e. The minimum absolute atomic E-state index is 0.0386. The number of benzene rings is 1. The van der Waals surface area contributed by atoms with Crippen LogP contribution in [-0.4, -0.2) is 56.5 Å². The quantitative estimate of drug-likeness (QED) is 0.645. The number of carbonyl (C=O) groups is 2. The molecule has 0 saturated carbocycles. The van der Waals surface area contributed by atoms with E-state index in [1.54, 1.807) is 4.90 Å². The van der Waals surface area contributed by atoms with Crippen LogP contribution in [0.2, 0.25) is 0 Å². The highest BCUT2D eigenvalue weighted by molar-refractivity contribution is 8.15. The standard InChI is InChI=1S/C26H30N4O2S/c1-4-22(25(32)29-14-13-17-9-5-8-12-21(17)29)33-26-28-19-11-7-6-10-18(19)23-27-20(15-16(2)3)24(31)30(23)26/h5-12,16-17,20-22H,4,13-15H2,1-3H3. The molecular weight excluding hydrogens is 432 g/mol. The summed E-state index contributed by atoms with van der Waals surface area (Å²) in [6, 6.07) is 7.54. The molecule has 6 nitrogen and oxygen atoms in total. The average molecular weight is 463 g/mol. The number of aliphatic imine (C=N–C) groups is 2. The van der Waals surface area contributed by atoms with E-state index in [1.807, 2.05) is 42.2 Å². The number of carbonyl (C=O) groups excluding carboxylic acids is 2. The summed E-state index contributed by atoms with van der Waals surface area (Å²) in [5.41, 5.74) is 1.68. The van der Waals surface area contributed by atoms with E-state index in [-0.39, 0.29) is 23.1 Å². The Morgan fingerprint density at radius 1 is 1.21 bits per heavy atom. The highest BCUT2D eigenvalue weighted by atomic mass is 32.2. The molecule has 0 spiro atoms. The molecular formula is C26H30N4O2S. The lowest BCUT2D eigenvalue weighted by Crippen LogP contribution is -2.45. The minimum atomic E-state index is -0.397. The maximum atomic E-state index is 13.6. The van der Waals surface area contributed by atoms with Crippen molar-refractivity contribution >= 4 is 40.3 Å². The summed E-state index contributed by atoms with van der Waals surface area (Å²) in [5.74, 6) is 1.51. The van der Waals surface area contributed by atoms with E-state index in [2.05, 4.69) is 32.1 Å². The second kappa shape index (κ2) is 8.93. The molecule has 3 aliphatic heterocycles. The van der Waals surface area contributed by atoms with E-state index in [0.29, 0.717) is 35.7 Å². The number of allylic oxidation sites excluding steroid dienone is 2. The topological polar surface area (TPSA) is 65.3 Å². The first-order valence-corrected chi connectivity index (χ1v) is 12.8. The van der Waals surface area contributed by atoms with Crippen molar-refractivity contribution in [1.29, 1.82) is 0 Å². The molecule has 4 unspecified atom stereocenters. The van der Waals surface area contributed by atoms with Crippen molar-refractivity contribution in [3.63, 3.8) is 0 Å². The Bertz CT molecular complexity index is 1090. The molecule has 1 aromatic rings. The highest BCUT2D eigenvalue weighted by Gasteiger charge is 2.44. The zero-order valence-electron chi connectivity index (χ0n) is 19.3. The smallest absolute Gasteiger partial charge is 0.259 e. The Kier molecular flexibility index (Phi) is 5.99. The first-order valence-electron chi connectivity index (χ1n) is 11.9. The van der Waals surface area contributed by atoms with Gasteiger partial charge in [-0.1, -0.05) is 69.0 Å². The summed E-state index contributed by atoms with van der Waals surface area (Å²) in [7, 11) is 0. The van der Waals surface area contributed by atoms with E-state index in [0.717, 1.165) is 24.2 Å². The molecule has 0 radical (unpaired) electrons. The van der Waals surface area contributed by atoms with Gasteiger partial charge in [-0.2, -0.15) is 0 Å². The molecule has 7 heteroatoms. The Hall–Kier alpha value is -2.67. The number of amidine groups is 2. The molecule has 4 aliphatic rings. The SMILES string of the molecule is CCC(SC1=Nc2ccccc2C2=NC(CC(C)C)C(=O)N12)C(=O)N1CCC2C=CC=CC21. The molecule has 5 rings (SSSR count). The molecule has 1 saturated heterocycles. The summed E-state index contributed by atoms with van der Waals surface area (Å²) in [4.78, 5) is 40.3. The second-order valence-corrected chi connectivity index (χ2v) is 10.6.